The fourth-order valence-electron chi connectivity index (χ4n) is 1.61. The molecule has 0 bridgehead atoms. The van der Waals surface area contributed by atoms with Crippen molar-refractivity contribution in [1.29, 1.82) is 0 Å². The van der Waals surface area contributed by atoms with Crippen LogP contribution in [0.2, 0.25) is 0 Å². The van der Waals surface area contributed by atoms with Gasteiger partial charge in [0.1, 0.15) is 0 Å². The van der Waals surface area contributed by atoms with Crippen molar-refractivity contribution in [1.82, 2.24) is 0 Å². The number of rotatable bonds is 3. The predicted octanol–water partition coefficient (Wildman–Crippen LogP) is 0.857. The first-order chi connectivity index (χ1) is 8.52. The van der Waals surface area contributed by atoms with E-state index in [0.717, 1.165) is 0 Å². The molecule has 1 heterocycles. The topological polar surface area (TPSA) is 63.0 Å². The number of hydrogen-bond acceptors (Lipinski definition) is 4. The van der Waals surface area contributed by atoms with Crippen LogP contribution in [0.25, 0.3) is 0 Å². The van der Waals surface area contributed by atoms with Crippen molar-refractivity contribution in [3.05, 3.63) is 24.3 Å². The molecule has 1 aliphatic heterocycles. The van der Waals surface area contributed by atoms with Gasteiger partial charge in [-0.25, -0.2) is 4.57 Å². The quantitative estimate of drug-likeness (QED) is 0.830. The third-order valence-corrected chi connectivity index (χ3v) is 3.61. The van der Waals surface area contributed by atoms with Crippen molar-refractivity contribution >= 4 is 7.82 Å². The summed E-state index contributed by atoms with van der Waals surface area (Å²) in [7, 11) is -4.08. The molecule has 0 fully saturated rings. The van der Waals surface area contributed by atoms with Gasteiger partial charge in [-0.15, -0.1) is 0 Å². The molecule has 18 heavy (non-hydrogen) atoms. The normalized spacial score (nSPS) is 15.2. The lowest BCUT2D eigenvalue weighted by Crippen LogP contribution is -3.11. The van der Waals surface area contributed by atoms with E-state index in [1.54, 1.807) is 17.0 Å². The molecule has 0 unspecified atom stereocenters. The highest BCUT2D eigenvalue weighted by atomic mass is 31.2. The third-order valence-electron chi connectivity index (χ3n) is 2.77. The molecule has 0 radical (unpaired) electrons. The molecule has 0 saturated heterocycles. The maximum absolute atomic E-state index is 10.7. The molecule has 1 aromatic carbocycles. The van der Waals surface area contributed by atoms with Crippen LogP contribution in [0, 0.1) is 0 Å². The Kier molecular flexibility index (Phi) is 5.66. The van der Waals surface area contributed by atoms with E-state index in [1.165, 1.54) is 31.8 Å². The van der Waals surface area contributed by atoms with E-state index in [4.69, 9.17) is 0 Å². The van der Waals surface area contributed by atoms with Crippen LogP contribution in [0.15, 0.2) is 24.3 Å². The summed E-state index contributed by atoms with van der Waals surface area (Å²) in [4.78, 5) is 12.4. The van der Waals surface area contributed by atoms with E-state index in [-0.39, 0.29) is 11.5 Å². The maximum Gasteiger partial charge on any atom is 0.372 e. The molecule has 0 aliphatic carbocycles. The van der Waals surface area contributed by atoms with Gasteiger partial charge in [-0.1, -0.05) is 12.1 Å². The van der Waals surface area contributed by atoms with E-state index in [0.29, 0.717) is 0 Å². The highest BCUT2D eigenvalue weighted by Gasteiger charge is 2.24. The number of phosphoric ester groups is 1. The lowest BCUT2D eigenvalue weighted by molar-refractivity contribution is -0.894. The zero-order valence-electron chi connectivity index (χ0n) is 11.0. The summed E-state index contributed by atoms with van der Waals surface area (Å²) in [5.41, 5.74) is 0. The van der Waals surface area contributed by atoms with Crippen LogP contribution >= 0.6 is 7.82 Å². The summed E-state index contributed by atoms with van der Waals surface area (Å²) in [6.07, 6.45) is 0. The highest BCUT2D eigenvalue weighted by Crippen LogP contribution is 2.52. The summed E-state index contributed by atoms with van der Waals surface area (Å²) in [5, 5.41) is 0. The molecule has 2 rings (SSSR count). The molecular weight excluding hydrogens is 253 g/mol. The summed E-state index contributed by atoms with van der Waals surface area (Å²) < 4.78 is 19.6. The van der Waals surface area contributed by atoms with Gasteiger partial charge in [-0.3, -0.25) is 0 Å². The van der Waals surface area contributed by atoms with Crippen LogP contribution in [0.3, 0.4) is 0 Å². The molecule has 0 saturated carbocycles. The Morgan fingerprint density at radius 1 is 1.06 bits per heavy atom. The molecule has 0 amide bonds. The number of benzene rings is 1. The van der Waals surface area contributed by atoms with Gasteiger partial charge in [0.2, 0.25) is 0 Å². The van der Waals surface area contributed by atoms with Crippen molar-refractivity contribution < 1.29 is 23.4 Å². The van der Waals surface area contributed by atoms with Gasteiger partial charge in [0.05, 0.1) is 19.6 Å². The Morgan fingerprint density at radius 2 is 1.44 bits per heavy atom. The first kappa shape index (κ1) is 15.0. The molecule has 5 nitrogen and oxygen atoms in total. The lowest BCUT2D eigenvalue weighted by Gasteiger charge is -2.12. The number of fused-ring (bicyclic) bond motifs is 1. The Labute approximate surface area is 108 Å². The van der Waals surface area contributed by atoms with E-state index in [1.807, 2.05) is 0 Å². The molecule has 0 atom stereocenters. The fourth-order valence-corrected chi connectivity index (χ4v) is 2.43. The first-order valence-corrected chi connectivity index (χ1v) is 7.61. The van der Waals surface area contributed by atoms with Crippen LogP contribution in [0.5, 0.6) is 11.5 Å². The minimum Gasteiger partial charge on any atom is -0.736 e. The second-order valence-electron chi connectivity index (χ2n) is 3.89. The summed E-state index contributed by atoms with van der Waals surface area (Å²) >= 11 is 0. The summed E-state index contributed by atoms with van der Waals surface area (Å²) in [6, 6.07) is 6.42. The van der Waals surface area contributed by atoms with Gasteiger partial charge >= 0.3 is 7.82 Å². The predicted molar refractivity (Wildman–Crippen MR) is 67.9 cm³/mol. The maximum atomic E-state index is 10.7. The molecule has 1 aromatic rings. The Hall–Kier alpha value is -1.03. The summed E-state index contributed by atoms with van der Waals surface area (Å²) in [5.74, 6) is 0.511. The van der Waals surface area contributed by atoms with Crippen molar-refractivity contribution in [2.75, 3.05) is 19.6 Å². The van der Waals surface area contributed by atoms with Crippen molar-refractivity contribution in [2.45, 2.75) is 20.8 Å². The van der Waals surface area contributed by atoms with E-state index < -0.39 is 7.82 Å². The number of hydrogen-bond donors (Lipinski definition) is 1. The van der Waals surface area contributed by atoms with Crippen molar-refractivity contribution in [3.63, 3.8) is 0 Å². The van der Waals surface area contributed by atoms with E-state index >= 15 is 0 Å². The van der Waals surface area contributed by atoms with Crippen LogP contribution < -0.4 is 18.8 Å². The molecule has 0 spiro atoms. The number of para-hydroxylation sites is 2. The number of nitrogens with one attached hydrogen (secondary N) is 1. The van der Waals surface area contributed by atoms with E-state index in [9.17, 15) is 9.46 Å². The number of quaternary nitrogens is 1. The monoisotopic (exact) mass is 273 g/mol. The smallest absolute Gasteiger partial charge is 0.372 e. The molecule has 6 heteroatoms. The van der Waals surface area contributed by atoms with Crippen LogP contribution in [-0.4, -0.2) is 19.6 Å². The summed E-state index contributed by atoms with van der Waals surface area (Å²) in [6.45, 7) is 10.5. The van der Waals surface area contributed by atoms with Gasteiger partial charge in [0.25, 0.3) is 0 Å². The van der Waals surface area contributed by atoms with Crippen LogP contribution in [0.4, 0.5) is 0 Å². The van der Waals surface area contributed by atoms with Crippen molar-refractivity contribution in [2.24, 2.45) is 0 Å². The Balaban J connectivity index is 0.000000203. The third kappa shape index (κ3) is 4.33. The fraction of sp³-hybridized carbons (Fsp3) is 0.500. The molecule has 102 valence electrons. The second-order valence-corrected chi connectivity index (χ2v) is 5.15. The average molecular weight is 273 g/mol. The van der Waals surface area contributed by atoms with Crippen molar-refractivity contribution in [3.8, 4) is 11.5 Å². The van der Waals surface area contributed by atoms with Gasteiger partial charge in [-0.05, 0) is 32.9 Å². The molecule has 1 aliphatic rings. The van der Waals surface area contributed by atoms with Gasteiger partial charge in [0.15, 0.2) is 11.5 Å². The average Bonchev–Trinajstić information content (AvgIpc) is 2.66. The zero-order chi connectivity index (χ0) is 13.6. The zero-order valence-corrected chi connectivity index (χ0v) is 11.9. The SMILES string of the molecule is CC[NH+](CC)CC.O=P1([O-])Oc2ccccc2O1. The number of phosphoric acid groups is 1. The van der Waals surface area contributed by atoms with Gasteiger partial charge in [-0.2, -0.15) is 0 Å². The van der Waals surface area contributed by atoms with Crippen LogP contribution in [-0.2, 0) is 4.57 Å². The lowest BCUT2D eigenvalue weighted by atomic mass is 10.3. The first-order valence-electron chi connectivity index (χ1n) is 6.15. The minimum atomic E-state index is -4.08. The molecule has 1 N–H and O–H groups in total. The second kappa shape index (κ2) is 6.78. The Morgan fingerprint density at radius 3 is 1.72 bits per heavy atom. The van der Waals surface area contributed by atoms with Crippen LogP contribution in [0.1, 0.15) is 20.8 Å². The van der Waals surface area contributed by atoms with Gasteiger partial charge in [0, 0.05) is 0 Å². The highest BCUT2D eigenvalue weighted by molar-refractivity contribution is 7.47. The van der Waals surface area contributed by atoms with Gasteiger partial charge < -0.3 is 18.8 Å². The standard InChI is InChI=1S/C6H15N.C6H5O4P/c1-4-7(5-2)6-3;7-11(8)9-5-3-1-2-4-6(5)10-11/h4-6H2,1-3H3;1-4H,(H,7,8). The largest absolute Gasteiger partial charge is 0.736 e. The minimum absolute atomic E-state index is 0.255. The van der Waals surface area contributed by atoms with E-state index in [2.05, 4.69) is 29.8 Å². The molecular formula is C12H20NO4P. The molecule has 0 aromatic heterocycles. The Bertz CT molecular complexity index is 386.